The van der Waals surface area contributed by atoms with Crippen molar-refractivity contribution in [3.63, 3.8) is 0 Å². The lowest BCUT2D eigenvalue weighted by Crippen LogP contribution is -2.01. The number of nitro benzene ring substituents is 1. The molecule has 0 aliphatic rings. The van der Waals surface area contributed by atoms with E-state index < -0.39 is 4.92 Å². The van der Waals surface area contributed by atoms with Gasteiger partial charge in [-0.15, -0.1) is 0 Å². The average molecular weight is 251 g/mol. The van der Waals surface area contributed by atoms with Gasteiger partial charge in [-0.3, -0.25) is 14.9 Å². The fraction of sp³-hybridized carbons (Fsp3) is 0.462. The van der Waals surface area contributed by atoms with E-state index in [-0.39, 0.29) is 11.3 Å². The Kier molecular flexibility index (Phi) is 5.30. The molecule has 18 heavy (non-hydrogen) atoms. The Bertz CT molecular complexity index is 429. The molecule has 0 heterocycles. The molecule has 5 heteroatoms. The van der Waals surface area contributed by atoms with Crippen LogP contribution < -0.4 is 4.74 Å². The van der Waals surface area contributed by atoms with Gasteiger partial charge in [0, 0.05) is 6.07 Å². The van der Waals surface area contributed by atoms with E-state index in [2.05, 4.69) is 13.8 Å². The van der Waals surface area contributed by atoms with Gasteiger partial charge in [0.05, 0.1) is 17.1 Å². The van der Waals surface area contributed by atoms with Crippen molar-refractivity contribution in [3.05, 3.63) is 33.9 Å². The number of benzene rings is 1. The Balaban J connectivity index is 2.63. The molecule has 98 valence electrons. The second-order valence-corrected chi connectivity index (χ2v) is 4.48. The van der Waals surface area contributed by atoms with Crippen molar-refractivity contribution >= 4 is 12.0 Å². The fourth-order valence-corrected chi connectivity index (χ4v) is 1.56. The number of hydrogen-bond donors (Lipinski definition) is 0. The normalized spacial score (nSPS) is 10.4. The van der Waals surface area contributed by atoms with Gasteiger partial charge in [0.1, 0.15) is 5.75 Å². The number of carbonyl (C=O) groups excluding carboxylic acids is 1. The molecule has 0 amide bonds. The molecule has 0 radical (unpaired) electrons. The minimum atomic E-state index is -0.577. The van der Waals surface area contributed by atoms with Gasteiger partial charge in [-0.1, -0.05) is 13.8 Å². The number of nitrogens with zero attached hydrogens (tertiary/aromatic N) is 1. The number of aldehydes is 1. The monoisotopic (exact) mass is 251 g/mol. The van der Waals surface area contributed by atoms with E-state index in [9.17, 15) is 14.9 Å². The molecule has 0 saturated heterocycles. The van der Waals surface area contributed by atoms with E-state index in [0.29, 0.717) is 24.6 Å². The van der Waals surface area contributed by atoms with Gasteiger partial charge in [0.2, 0.25) is 0 Å². The Morgan fingerprint density at radius 3 is 2.72 bits per heavy atom. The zero-order valence-corrected chi connectivity index (χ0v) is 10.6. The van der Waals surface area contributed by atoms with Crippen LogP contribution in [0, 0.1) is 16.0 Å². The number of carbonyl (C=O) groups is 1. The molecular formula is C13H17NO4. The van der Waals surface area contributed by atoms with E-state index in [1.165, 1.54) is 18.2 Å². The van der Waals surface area contributed by atoms with Crippen LogP contribution in [0.25, 0.3) is 0 Å². The molecule has 0 atom stereocenters. The predicted molar refractivity (Wildman–Crippen MR) is 68.1 cm³/mol. The van der Waals surface area contributed by atoms with Crippen LogP contribution in [0.2, 0.25) is 0 Å². The summed E-state index contributed by atoms with van der Waals surface area (Å²) < 4.78 is 5.45. The van der Waals surface area contributed by atoms with E-state index in [1.807, 2.05) is 0 Å². The number of ether oxygens (including phenoxy) is 1. The van der Waals surface area contributed by atoms with Crippen molar-refractivity contribution in [2.75, 3.05) is 6.61 Å². The molecule has 0 fully saturated rings. The lowest BCUT2D eigenvalue weighted by Gasteiger charge is -2.08. The standard InChI is InChI=1S/C13H17NO4/c1-10(2)4-3-7-18-12-5-6-13(14(16)17)11(8-12)9-15/h5-6,8-10H,3-4,7H2,1-2H3. The van der Waals surface area contributed by atoms with Gasteiger partial charge in [-0.25, -0.2) is 0 Å². The second-order valence-electron chi connectivity index (χ2n) is 4.48. The first kappa shape index (κ1) is 14.2. The molecular weight excluding hydrogens is 234 g/mol. The average Bonchev–Trinajstić information content (AvgIpc) is 2.33. The van der Waals surface area contributed by atoms with Gasteiger partial charge in [0.15, 0.2) is 6.29 Å². The van der Waals surface area contributed by atoms with Crippen molar-refractivity contribution in [1.82, 2.24) is 0 Å². The first-order valence-corrected chi connectivity index (χ1v) is 5.91. The van der Waals surface area contributed by atoms with Crippen LogP contribution in [0.15, 0.2) is 18.2 Å². The molecule has 0 bridgehead atoms. The molecule has 0 N–H and O–H groups in total. The molecule has 0 aliphatic heterocycles. The summed E-state index contributed by atoms with van der Waals surface area (Å²) in [5.74, 6) is 1.11. The summed E-state index contributed by atoms with van der Waals surface area (Å²) in [6.07, 6.45) is 2.46. The summed E-state index contributed by atoms with van der Waals surface area (Å²) >= 11 is 0. The van der Waals surface area contributed by atoms with Crippen LogP contribution in [0.1, 0.15) is 37.0 Å². The Labute approximate surface area is 106 Å². The maximum absolute atomic E-state index is 10.7. The highest BCUT2D eigenvalue weighted by Crippen LogP contribution is 2.22. The molecule has 1 aromatic rings. The minimum Gasteiger partial charge on any atom is -0.494 e. The van der Waals surface area contributed by atoms with E-state index in [4.69, 9.17) is 4.74 Å². The highest BCUT2D eigenvalue weighted by Gasteiger charge is 2.13. The maximum Gasteiger partial charge on any atom is 0.280 e. The van der Waals surface area contributed by atoms with Crippen LogP contribution in [0.3, 0.4) is 0 Å². The lowest BCUT2D eigenvalue weighted by atomic mass is 10.1. The molecule has 1 rings (SSSR count). The highest BCUT2D eigenvalue weighted by atomic mass is 16.6. The zero-order valence-electron chi connectivity index (χ0n) is 10.6. The van der Waals surface area contributed by atoms with E-state index in [0.717, 1.165) is 12.8 Å². The summed E-state index contributed by atoms with van der Waals surface area (Å²) in [6.45, 7) is 4.82. The van der Waals surface area contributed by atoms with Gasteiger partial charge < -0.3 is 4.74 Å². The third kappa shape index (κ3) is 4.16. The van der Waals surface area contributed by atoms with Crippen LogP contribution in [0.5, 0.6) is 5.75 Å². The first-order chi connectivity index (χ1) is 8.54. The largest absolute Gasteiger partial charge is 0.494 e. The SMILES string of the molecule is CC(C)CCCOc1ccc([N+](=O)[O-])c(C=O)c1. The highest BCUT2D eigenvalue weighted by molar-refractivity contribution is 5.82. The molecule has 0 spiro atoms. The van der Waals surface area contributed by atoms with Crippen LogP contribution in [0.4, 0.5) is 5.69 Å². The smallest absolute Gasteiger partial charge is 0.280 e. The quantitative estimate of drug-likeness (QED) is 0.323. The molecule has 0 unspecified atom stereocenters. The van der Waals surface area contributed by atoms with Crippen molar-refractivity contribution in [2.24, 2.45) is 5.92 Å². The van der Waals surface area contributed by atoms with Crippen molar-refractivity contribution < 1.29 is 14.5 Å². The molecule has 5 nitrogen and oxygen atoms in total. The molecule has 0 aliphatic carbocycles. The number of hydrogen-bond acceptors (Lipinski definition) is 4. The van der Waals surface area contributed by atoms with Crippen LogP contribution >= 0.6 is 0 Å². The lowest BCUT2D eigenvalue weighted by molar-refractivity contribution is -0.385. The van der Waals surface area contributed by atoms with Gasteiger partial charge in [-0.05, 0) is 30.9 Å². The third-order valence-corrected chi connectivity index (χ3v) is 2.52. The summed E-state index contributed by atoms with van der Waals surface area (Å²) in [7, 11) is 0. The van der Waals surface area contributed by atoms with Crippen molar-refractivity contribution in [1.29, 1.82) is 0 Å². The summed E-state index contributed by atoms with van der Waals surface area (Å²) in [5, 5.41) is 10.6. The summed E-state index contributed by atoms with van der Waals surface area (Å²) in [5.41, 5.74) is -0.152. The van der Waals surface area contributed by atoms with Crippen LogP contribution in [-0.2, 0) is 0 Å². The Morgan fingerprint density at radius 1 is 1.44 bits per heavy atom. The van der Waals surface area contributed by atoms with Gasteiger partial charge in [0.25, 0.3) is 5.69 Å². The van der Waals surface area contributed by atoms with E-state index in [1.54, 1.807) is 0 Å². The Morgan fingerprint density at radius 2 is 2.17 bits per heavy atom. The summed E-state index contributed by atoms with van der Waals surface area (Å²) in [4.78, 5) is 20.8. The fourth-order valence-electron chi connectivity index (χ4n) is 1.56. The van der Waals surface area contributed by atoms with E-state index >= 15 is 0 Å². The topological polar surface area (TPSA) is 69.4 Å². The third-order valence-electron chi connectivity index (χ3n) is 2.52. The van der Waals surface area contributed by atoms with Crippen molar-refractivity contribution in [2.45, 2.75) is 26.7 Å². The predicted octanol–water partition coefficient (Wildman–Crippen LogP) is 3.22. The zero-order chi connectivity index (χ0) is 13.5. The number of rotatable bonds is 7. The van der Waals surface area contributed by atoms with Crippen LogP contribution in [-0.4, -0.2) is 17.8 Å². The molecule has 0 aromatic heterocycles. The van der Waals surface area contributed by atoms with Gasteiger partial charge >= 0.3 is 0 Å². The molecule has 0 saturated carbocycles. The number of nitro groups is 1. The Hall–Kier alpha value is -1.91. The van der Waals surface area contributed by atoms with Crippen molar-refractivity contribution in [3.8, 4) is 5.75 Å². The minimum absolute atomic E-state index is 0.0429. The maximum atomic E-state index is 10.7. The van der Waals surface area contributed by atoms with Gasteiger partial charge in [-0.2, -0.15) is 0 Å². The molecule has 1 aromatic carbocycles. The summed E-state index contributed by atoms with van der Waals surface area (Å²) in [6, 6.07) is 4.21. The second kappa shape index (κ2) is 6.74. The first-order valence-electron chi connectivity index (χ1n) is 5.91.